The lowest BCUT2D eigenvalue weighted by Crippen LogP contribution is -2.43. The fraction of sp³-hybridized carbons (Fsp3) is 0.571. The van der Waals surface area contributed by atoms with Crippen molar-refractivity contribution in [1.29, 1.82) is 0 Å². The number of rotatable bonds is 4. The molecule has 0 aromatic heterocycles. The predicted molar refractivity (Wildman–Crippen MR) is 77.6 cm³/mol. The fourth-order valence-corrected chi connectivity index (χ4v) is 2.46. The zero-order valence-corrected chi connectivity index (χ0v) is 12.0. The van der Waals surface area contributed by atoms with Gasteiger partial charge >= 0.3 is 0 Å². The average molecular weight is 271 g/mol. The lowest BCUT2D eigenvalue weighted by molar-refractivity contribution is 0.188. The van der Waals surface area contributed by atoms with Crippen LogP contribution in [0.5, 0.6) is 5.75 Å². The molecule has 0 amide bonds. The van der Waals surface area contributed by atoms with E-state index in [-0.39, 0.29) is 12.4 Å². The summed E-state index contributed by atoms with van der Waals surface area (Å²) in [5, 5.41) is 3.38. The third-order valence-corrected chi connectivity index (χ3v) is 3.45. The number of piperidine rings is 1. The van der Waals surface area contributed by atoms with Crippen LogP contribution in [0.15, 0.2) is 24.3 Å². The molecule has 18 heavy (non-hydrogen) atoms. The molecule has 1 fully saturated rings. The summed E-state index contributed by atoms with van der Waals surface area (Å²) >= 11 is 0. The molecule has 1 saturated heterocycles. The number of ether oxygens (including phenoxy) is 1. The smallest absolute Gasteiger partial charge is 0.119 e. The van der Waals surface area contributed by atoms with Crippen LogP contribution < -0.4 is 10.1 Å². The molecule has 0 aliphatic carbocycles. The average Bonchev–Trinajstić information content (AvgIpc) is 2.39. The normalized spacial score (nSPS) is 20.2. The molecule has 1 N–H and O–H groups in total. The molecule has 2 rings (SSSR count). The molecule has 0 saturated carbocycles. The summed E-state index contributed by atoms with van der Waals surface area (Å²) in [4.78, 5) is 2.51. The van der Waals surface area contributed by atoms with E-state index in [0.717, 1.165) is 18.8 Å². The maximum absolute atomic E-state index is 5.26. The molecule has 4 heteroatoms. The van der Waals surface area contributed by atoms with Gasteiger partial charge in [0.25, 0.3) is 0 Å². The van der Waals surface area contributed by atoms with Gasteiger partial charge in [0.05, 0.1) is 7.11 Å². The van der Waals surface area contributed by atoms with E-state index in [1.165, 1.54) is 24.9 Å². The molecule has 1 aliphatic rings. The van der Waals surface area contributed by atoms with Crippen LogP contribution in [0.25, 0.3) is 0 Å². The Bertz CT molecular complexity index is 359. The third kappa shape index (κ3) is 4.16. The van der Waals surface area contributed by atoms with Gasteiger partial charge in [-0.2, -0.15) is 0 Å². The molecule has 1 heterocycles. The molecule has 1 aromatic carbocycles. The maximum atomic E-state index is 5.26. The standard InChI is InChI=1S/C14H22N2O.ClH/c1-15-13-6-4-8-16(11-13)10-12-5-3-7-14(9-12)17-2;/h3,5,7,9,13,15H,4,6,8,10-11H2,1-2H3;1H. The first-order valence-electron chi connectivity index (χ1n) is 6.34. The van der Waals surface area contributed by atoms with E-state index in [2.05, 4.69) is 35.5 Å². The number of benzene rings is 1. The number of nitrogens with one attached hydrogen (secondary N) is 1. The Morgan fingerprint density at radius 1 is 1.44 bits per heavy atom. The Kier molecular flexibility index (Phi) is 6.47. The maximum Gasteiger partial charge on any atom is 0.119 e. The van der Waals surface area contributed by atoms with Crippen LogP contribution >= 0.6 is 12.4 Å². The molecule has 3 nitrogen and oxygen atoms in total. The van der Waals surface area contributed by atoms with Crippen LogP contribution in [0.3, 0.4) is 0 Å². The second kappa shape index (κ2) is 7.62. The molecular formula is C14H23ClN2O. The molecule has 102 valence electrons. The number of nitrogens with zero attached hydrogens (tertiary/aromatic N) is 1. The van der Waals surface area contributed by atoms with Crippen LogP contribution in [-0.4, -0.2) is 38.2 Å². The Morgan fingerprint density at radius 2 is 2.28 bits per heavy atom. The zero-order chi connectivity index (χ0) is 12.1. The van der Waals surface area contributed by atoms with Gasteiger partial charge in [-0.3, -0.25) is 4.90 Å². The molecular weight excluding hydrogens is 248 g/mol. The number of methoxy groups -OCH3 is 1. The van der Waals surface area contributed by atoms with Crippen molar-refractivity contribution in [3.05, 3.63) is 29.8 Å². The minimum Gasteiger partial charge on any atom is -0.497 e. The van der Waals surface area contributed by atoms with Gasteiger partial charge in [-0.25, -0.2) is 0 Å². The number of likely N-dealkylation sites (tertiary alicyclic amines) is 1. The first kappa shape index (κ1) is 15.3. The molecule has 1 unspecified atom stereocenters. The van der Waals surface area contributed by atoms with Crippen molar-refractivity contribution in [1.82, 2.24) is 10.2 Å². The van der Waals surface area contributed by atoms with Gasteiger partial charge in [-0.15, -0.1) is 12.4 Å². The van der Waals surface area contributed by atoms with Crippen LogP contribution in [0.2, 0.25) is 0 Å². The Labute approximate surface area is 116 Å². The van der Waals surface area contributed by atoms with E-state index in [1.807, 2.05) is 6.07 Å². The van der Waals surface area contributed by atoms with Crippen molar-refractivity contribution in [2.75, 3.05) is 27.2 Å². The zero-order valence-electron chi connectivity index (χ0n) is 11.2. The van der Waals surface area contributed by atoms with Crippen molar-refractivity contribution in [3.8, 4) is 5.75 Å². The molecule has 1 aliphatic heterocycles. The van der Waals surface area contributed by atoms with Crippen LogP contribution in [0.4, 0.5) is 0 Å². The van der Waals surface area contributed by atoms with E-state index in [4.69, 9.17) is 4.74 Å². The van der Waals surface area contributed by atoms with Crippen LogP contribution in [0.1, 0.15) is 18.4 Å². The second-order valence-electron chi connectivity index (χ2n) is 4.71. The first-order chi connectivity index (χ1) is 8.31. The molecule has 1 aromatic rings. The Hall–Kier alpha value is -0.770. The summed E-state index contributed by atoms with van der Waals surface area (Å²) in [6.07, 6.45) is 2.58. The second-order valence-corrected chi connectivity index (χ2v) is 4.71. The summed E-state index contributed by atoms with van der Waals surface area (Å²) in [7, 11) is 3.77. The van der Waals surface area contributed by atoms with Crippen molar-refractivity contribution in [2.45, 2.75) is 25.4 Å². The highest BCUT2D eigenvalue weighted by Gasteiger charge is 2.18. The summed E-state index contributed by atoms with van der Waals surface area (Å²) in [6.45, 7) is 3.37. The Morgan fingerprint density at radius 3 is 3.00 bits per heavy atom. The summed E-state index contributed by atoms with van der Waals surface area (Å²) in [5.74, 6) is 0.949. The van der Waals surface area contributed by atoms with E-state index < -0.39 is 0 Å². The van der Waals surface area contributed by atoms with Gasteiger partial charge in [0.2, 0.25) is 0 Å². The fourth-order valence-electron chi connectivity index (χ4n) is 2.46. The highest BCUT2D eigenvalue weighted by Crippen LogP contribution is 2.17. The van der Waals surface area contributed by atoms with E-state index in [1.54, 1.807) is 7.11 Å². The molecule has 0 radical (unpaired) electrons. The quantitative estimate of drug-likeness (QED) is 0.909. The lowest BCUT2D eigenvalue weighted by Gasteiger charge is -2.32. The topological polar surface area (TPSA) is 24.5 Å². The van der Waals surface area contributed by atoms with E-state index >= 15 is 0 Å². The molecule has 1 atom stereocenters. The monoisotopic (exact) mass is 270 g/mol. The Balaban J connectivity index is 0.00000162. The van der Waals surface area contributed by atoms with Crippen LogP contribution in [0, 0.1) is 0 Å². The third-order valence-electron chi connectivity index (χ3n) is 3.45. The highest BCUT2D eigenvalue weighted by molar-refractivity contribution is 5.85. The van der Waals surface area contributed by atoms with Crippen molar-refractivity contribution >= 4 is 12.4 Å². The molecule has 0 spiro atoms. The summed E-state index contributed by atoms with van der Waals surface area (Å²) < 4.78 is 5.26. The van der Waals surface area contributed by atoms with E-state index in [0.29, 0.717) is 6.04 Å². The van der Waals surface area contributed by atoms with Crippen molar-refractivity contribution < 1.29 is 4.74 Å². The molecule has 0 bridgehead atoms. The SMILES string of the molecule is CNC1CCCN(Cc2cccc(OC)c2)C1.Cl. The number of hydrogen-bond donors (Lipinski definition) is 1. The van der Waals surface area contributed by atoms with Gasteiger partial charge in [0, 0.05) is 19.1 Å². The summed E-state index contributed by atoms with van der Waals surface area (Å²) in [5.41, 5.74) is 1.33. The predicted octanol–water partition coefficient (Wildman–Crippen LogP) is 2.30. The minimum absolute atomic E-state index is 0. The number of halogens is 1. The van der Waals surface area contributed by atoms with Gasteiger partial charge in [-0.1, -0.05) is 12.1 Å². The number of likely N-dealkylation sites (N-methyl/N-ethyl adjacent to an activating group) is 1. The van der Waals surface area contributed by atoms with Gasteiger partial charge in [0.1, 0.15) is 5.75 Å². The van der Waals surface area contributed by atoms with Crippen molar-refractivity contribution in [2.24, 2.45) is 0 Å². The van der Waals surface area contributed by atoms with Crippen molar-refractivity contribution in [3.63, 3.8) is 0 Å². The van der Waals surface area contributed by atoms with Gasteiger partial charge in [-0.05, 0) is 44.1 Å². The number of hydrogen-bond acceptors (Lipinski definition) is 3. The van der Waals surface area contributed by atoms with Crippen LogP contribution in [-0.2, 0) is 6.54 Å². The minimum atomic E-state index is 0. The lowest BCUT2D eigenvalue weighted by atomic mass is 10.1. The summed E-state index contributed by atoms with van der Waals surface area (Å²) in [6, 6.07) is 9.01. The van der Waals surface area contributed by atoms with E-state index in [9.17, 15) is 0 Å². The first-order valence-corrected chi connectivity index (χ1v) is 6.34. The van der Waals surface area contributed by atoms with Gasteiger partial charge < -0.3 is 10.1 Å². The van der Waals surface area contributed by atoms with Gasteiger partial charge in [0.15, 0.2) is 0 Å². The highest BCUT2D eigenvalue weighted by atomic mass is 35.5. The largest absolute Gasteiger partial charge is 0.497 e.